The predicted octanol–water partition coefficient (Wildman–Crippen LogP) is 3.44. The fourth-order valence-electron chi connectivity index (χ4n) is 2.25. The summed E-state index contributed by atoms with van der Waals surface area (Å²) in [7, 11) is 0. The lowest BCUT2D eigenvalue weighted by atomic mass is 10.1. The van der Waals surface area contributed by atoms with Crippen LogP contribution in [0.15, 0.2) is 53.5 Å². The largest absolute Gasteiger partial charge is 0.387 e. The summed E-state index contributed by atoms with van der Waals surface area (Å²) in [4.78, 5) is 4.55. The Kier molecular flexibility index (Phi) is 7.09. The van der Waals surface area contributed by atoms with Gasteiger partial charge in [0.25, 0.3) is 0 Å². The molecule has 0 bridgehead atoms. The summed E-state index contributed by atoms with van der Waals surface area (Å²) in [6, 6.07) is 15.6. The number of nitrogens with one attached hydrogen (secondary N) is 2. The Hall–Kier alpha value is -2.04. The zero-order valence-electron chi connectivity index (χ0n) is 14.1. The van der Waals surface area contributed by atoms with E-state index in [1.807, 2.05) is 25.1 Å². The van der Waals surface area contributed by atoms with Gasteiger partial charge in [-0.2, -0.15) is 0 Å². The van der Waals surface area contributed by atoms with Crippen molar-refractivity contribution < 1.29 is 5.11 Å². The summed E-state index contributed by atoms with van der Waals surface area (Å²) >= 11 is 6.12. The number of benzene rings is 2. The van der Waals surface area contributed by atoms with E-state index in [1.54, 1.807) is 6.07 Å². The summed E-state index contributed by atoms with van der Waals surface area (Å²) in [6.07, 6.45) is -0.693. The average molecular weight is 346 g/mol. The number of hydrogen-bond acceptors (Lipinski definition) is 2. The lowest BCUT2D eigenvalue weighted by Crippen LogP contribution is -2.39. The summed E-state index contributed by atoms with van der Waals surface area (Å²) in [5, 5.41) is 17.2. The van der Waals surface area contributed by atoms with Crippen LogP contribution in [0.25, 0.3) is 0 Å². The Morgan fingerprint density at radius 2 is 1.83 bits per heavy atom. The van der Waals surface area contributed by atoms with Crippen LogP contribution in [0.5, 0.6) is 0 Å². The first kappa shape index (κ1) is 18.3. The lowest BCUT2D eigenvalue weighted by Gasteiger charge is -2.16. The molecular formula is C19H24ClN3O. The number of halogens is 1. The van der Waals surface area contributed by atoms with E-state index < -0.39 is 6.10 Å². The molecule has 2 aromatic rings. The standard InChI is InChI=1S/C19H24ClN3O/c1-3-21-19(22-12-15-10-8-14(2)9-11-15)23-13-18(24)16-6-4-5-7-17(16)20/h4-11,18,24H,3,12-13H2,1-2H3,(H2,21,22,23). The zero-order valence-corrected chi connectivity index (χ0v) is 14.8. The number of nitrogens with zero attached hydrogens (tertiary/aromatic N) is 1. The number of rotatable bonds is 6. The van der Waals surface area contributed by atoms with Crippen LogP contribution in [-0.4, -0.2) is 24.2 Å². The van der Waals surface area contributed by atoms with Gasteiger partial charge in [0, 0.05) is 23.7 Å². The van der Waals surface area contributed by atoms with Crippen molar-refractivity contribution in [1.29, 1.82) is 0 Å². The maximum Gasteiger partial charge on any atom is 0.191 e. The molecule has 5 heteroatoms. The Bertz CT molecular complexity index is 671. The molecule has 2 rings (SSSR count). The number of aliphatic imine (C=N–C) groups is 1. The normalized spacial score (nSPS) is 12.8. The molecular weight excluding hydrogens is 322 g/mol. The monoisotopic (exact) mass is 345 g/mol. The van der Waals surface area contributed by atoms with Gasteiger partial charge in [-0.25, -0.2) is 4.99 Å². The molecule has 2 aromatic carbocycles. The quantitative estimate of drug-likeness (QED) is 0.555. The molecule has 0 spiro atoms. The Labute approximate surface area is 148 Å². The molecule has 0 radical (unpaired) electrons. The van der Waals surface area contributed by atoms with Crippen molar-refractivity contribution >= 4 is 17.6 Å². The first-order chi connectivity index (χ1) is 11.6. The van der Waals surface area contributed by atoms with Crippen LogP contribution >= 0.6 is 11.6 Å². The van der Waals surface area contributed by atoms with E-state index in [9.17, 15) is 5.11 Å². The molecule has 0 fully saturated rings. The lowest BCUT2D eigenvalue weighted by molar-refractivity contribution is 0.181. The summed E-state index contributed by atoms with van der Waals surface area (Å²) < 4.78 is 0. The number of aryl methyl sites for hydroxylation is 1. The molecule has 0 aliphatic carbocycles. The molecule has 1 unspecified atom stereocenters. The van der Waals surface area contributed by atoms with E-state index in [-0.39, 0.29) is 0 Å². The number of aliphatic hydroxyl groups excluding tert-OH is 1. The number of hydrogen-bond donors (Lipinski definition) is 3. The van der Waals surface area contributed by atoms with E-state index in [4.69, 9.17) is 11.6 Å². The molecule has 4 nitrogen and oxygen atoms in total. The van der Waals surface area contributed by atoms with Gasteiger partial charge in [0.2, 0.25) is 0 Å². The zero-order chi connectivity index (χ0) is 17.4. The second-order valence-electron chi connectivity index (χ2n) is 5.60. The van der Waals surface area contributed by atoms with Crippen LogP contribution in [0.2, 0.25) is 5.02 Å². The molecule has 0 aromatic heterocycles. The van der Waals surface area contributed by atoms with Gasteiger partial charge in [-0.15, -0.1) is 0 Å². The molecule has 0 heterocycles. The van der Waals surface area contributed by atoms with Crippen LogP contribution in [0.3, 0.4) is 0 Å². The number of guanidine groups is 1. The smallest absolute Gasteiger partial charge is 0.191 e. The van der Waals surface area contributed by atoms with Gasteiger partial charge >= 0.3 is 0 Å². The molecule has 128 valence electrons. The van der Waals surface area contributed by atoms with Gasteiger partial charge < -0.3 is 15.7 Å². The molecule has 24 heavy (non-hydrogen) atoms. The predicted molar refractivity (Wildman–Crippen MR) is 100 cm³/mol. The fourth-order valence-corrected chi connectivity index (χ4v) is 2.52. The summed E-state index contributed by atoms with van der Waals surface area (Å²) in [5.74, 6) is 0.671. The molecule has 0 aliphatic rings. The van der Waals surface area contributed by atoms with Crippen LogP contribution < -0.4 is 10.6 Å². The van der Waals surface area contributed by atoms with Gasteiger partial charge in [-0.3, -0.25) is 0 Å². The van der Waals surface area contributed by atoms with E-state index in [0.717, 1.165) is 12.1 Å². The van der Waals surface area contributed by atoms with Crippen molar-refractivity contribution in [2.24, 2.45) is 4.99 Å². The van der Waals surface area contributed by atoms with Crippen molar-refractivity contribution in [3.63, 3.8) is 0 Å². The van der Waals surface area contributed by atoms with Crippen LogP contribution in [-0.2, 0) is 6.54 Å². The third kappa shape index (κ3) is 5.55. The highest BCUT2D eigenvalue weighted by Gasteiger charge is 2.11. The van der Waals surface area contributed by atoms with Crippen molar-refractivity contribution in [1.82, 2.24) is 10.6 Å². The van der Waals surface area contributed by atoms with E-state index in [0.29, 0.717) is 29.6 Å². The van der Waals surface area contributed by atoms with Crippen LogP contribution in [0.1, 0.15) is 29.7 Å². The highest BCUT2D eigenvalue weighted by molar-refractivity contribution is 6.31. The first-order valence-corrected chi connectivity index (χ1v) is 8.48. The number of aliphatic hydroxyl groups is 1. The van der Waals surface area contributed by atoms with Gasteiger partial charge in [-0.1, -0.05) is 59.6 Å². The van der Waals surface area contributed by atoms with Crippen LogP contribution in [0.4, 0.5) is 0 Å². The Morgan fingerprint density at radius 3 is 2.50 bits per heavy atom. The van der Waals surface area contributed by atoms with Crippen LogP contribution in [0, 0.1) is 6.92 Å². The van der Waals surface area contributed by atoms with E-state index >= 15 is 0 Å². The van der Waals surface area contributed by atoms with Gasteiger partial charge in [0.15, 0.2) is 5.96 Å². The molecule has 0 amide bonds. The van der Waals surface area contributed by atoms with Gasteiger partial charge in [0.1, 0.15) is 0 Å². The van der Waals surface area contributed by atoms with Gasteiger partial charge in [-0.05, 0) is 25.5 Å². The molecule has 0 saturated carbocycles. The third-order valence-electron chi connectivity index (χ3n) is 3.61. The summed E-state index contributed by atoms with van der Waals surface area (Å²) in [5.41, 5.74) is 3.08. The third-order valence-corrected chi connectivity index (χ3v) is 3.96. The minimum absolute atomic E-state index is 0.337. The molecule has 0 aliphatic heterocycles. The maximum atomic E-state index is 10.3. The fraction of sp³-hybridized carbons (Fsp3) is 0.316. The maximum absolute atomic E-state index is 10.3. The van der Waals surface area contributed by atoms with Crippen molar-refractivity contribution in [2.75, 3.05) is 13.1 Å². The SMILES string of the molecule is CCNC(=NCc1ccc(C)cc1)NCC(O)c1ccccc1Cl. The molecule has 0 saturated heterocycles. The highest BCUT2D eigenvalue weighted by Crippen LogP contribution is 2.21. The van der Waals surface area contributed by atoms with Crippen molar-refractivity contribution in [3.05, 3.63) is 70.2 Å². The Balaban J connectivity index is 1.96. The average Bonchev–Trinajstić information content (AvgIpc) is 2.59. The minimum atomic E-state index is -0.693. The topological polar surface area (TPSA) is 56.7 Å². The molecule has 3 N–H and O–H groups in total. The van der Waals surface area contributed by atoms with Gasteiger partial charge in [0.05, 0.1) is 12.6 Å². The second-order valence-corrected chi connectivity index (χ2v) is 6.01. The summed E-state index contributed by atoms with van der Waals surface area (Å²) in [6.45, 7) is 5.74. The highest BCUT2D eigenvalue weighted by atomic mass is 35.5. The van der Waals surface area contributed by atoms with Crippen molar-refractivity contribution in [2.45, 2.75) is 26.5 Å². The van der Waals surface area contributed by atoms with Crippen molar-refractivity contribution in [3.8, 4) is 0 Å². The second kappa shape index (κ2) is 9.30. The van der Waals surface area contributed by atoms with E-state index in [1.165, 1.54) is 5.56 Å². The van der Waals surface area contributed by atoms with E-state index in [2.05, 4.69) is 46.8 Å². The Morgan fingerprint density at radius 1 is 1.12 bits per heavy atom. The first-order valence-electron chi connectivity index (χ1n) is 8.10. The minimum Gasteiger partial charge on any atom is -0.387 e. The molecule has 1 atom stereocenters.